The van der Waals surface area contributed by atoms with Crippen molar-refractivity contribution >= 4 is 0 Å². The van der Waals surface area contributed by atoms with Gasteiger partial charge in [-0.3, -0.25) is 4.98 Å². The maximum absolute atomic E-state index is 9.00. The molecule has 0 aromatic carbocycles. The minimum atomic E-state index is 0.0481. The second-order valence-corrected chi connectivity index (χ2v) is 3.86. The summed E-state index contributed by atoms with van der Waals surface area (Å²) in [5.74, 6) is 0.865. The molecule has 0 amide bonds. The third-order valence-corrected chi connectivity index (χ3v) is 2.81. The number of aromatic nitrogens is 1. The molecule has 1 aromatic heterocycles. The first-order valence-electron chi connectivity index (χ1n) is 5.36. The molecule has 0 radical (unpaired) electrons. The van der Waals surface area contributed by atoms with Crippen molar-refractivity contribution in [1.29, 1.82) is 5.26 Å². The molecular weight excluding hydrogens is 188 g/mol. The van der Waals surface area contributed by atoms with Gasteiger partial charge in [-0.15, -0.1) is 0 Å². The Morgan fingerprint density at radius 2 is 2.00 bits per heavy atom. The van der Waals surface area contributed by atoms with Gasteiger partial charge in [-0.2, -0.15) is 5.26 Å². The molecule has 0 saturated heterocycles. The van der Waals surface area contributed by atoms with E-state index in [1.807, 2.05) is 12.1 Å². The second-order valence-electron chi connectivity index (χ2n) is 3.86. The Balaban J connectivity index is 2.01. The average Bonchev–Trinajstić information content (AvgIpc) is 2.31. The van der Waals surface area contributed by atoms with Crippen molar-refractivity contribution in [3.63, 3.8) is 0 Å². The zero-order valence-electron chi connectivity index (χ0n) is 8.60. The third-order valence-electron chi connectivity index (χ3n) is 2.81. The van der Waals surface area contributed by atoms with E-state index in [9.17, 15) is 0 Å². The molecule has 1 fully saturated rings. The first kappa shape index (κ1) is 9.97. The Hall–Kier alpha value is -1.56. The van der Waals surface area contributed by atoms with E-state index in [2.05, 4.69) is 11.1 Å². The summed E-state index contributed by atoms with van der Waals surface area (Å²) in [6, 6.07) is 6.01. The monoisotopic (exact) mass is 202 g/mol. The van der Waals surface area contributed by atoms with Gasteiger partial charge in [0.05, 0.1) is 12.0 Å². The van der Waals surface area contributed by atoms with E-state index < -0.39 is 0 Å². The van der Waals surface area contributed by atoms with Crippen LogP contribution in [0.5, 0.6) is 5.75 Å². The minimum Gasteiger partial charge on any atom is -0.489 e. The largest absolute Gasteiger partial charge is 0.489 e. The van der Waals surface area contributed by atoms with Crippen LogP contribution in [0.25, 0.3) is 0 Å². The Morgan fingerprint density at radius 3 is 2.73 bits per heavy atom. The Kier molecular flexibility index (Phi) is 3.18. The molecule has 0 spiro atoms. The summed E-state index contributed by atoms with van der Waals surface area (Å²) >= 11 is 0. The Labute approximate surface area is 89.7 Å². The lowest BCUT2D eigenvalue weighted by Crippen LogP contribution is -2.29. The van der Waals surface area contributed by atoms with Crippen LogP contribution in [0.1, 0.15) is 25.7 Å². The SMILES string of the molecule is N#CC1CCCCC1Oc1ccncc1. The highest BCUT2D eigenvalue weighted by Crippen LogP contribution is 2.27. The maximum atomic E-state index is 9.00. The number of hydrogen-bond acceptors (Lipinski definition) is 3. The molecule has 3 heteroatoms. The van der Waals surface area contributed by atoms with Crippen molar-refractivity contribution in [3.05, 3.63) is 24.5 Å². The molecule has 15 heavy (non-hydrogen) atoms. The highest BCUT2D eigenvalue weighted by molar-refractivity contribution is 5.17. The molecule has 0 bridgehead atoms. The van der Waals surface area contributed by atoms with E-state index >= 15 is 0 Å². The van der Waals surface area contributed by atoms with Crippen LogP contribution < -0.4 is 4.74 Å². The van der Waals surface area contributed by atoms with E-state index in [4.69, 9.17) is 10.00 Å². The van der Waals surface area contributed by atoms with Gasteiger partial charge >= 0.3 is 0 Å². The van der Waals surface area contributed by atoms with E-state index in [0.717, 1.165) is 31.4 Å². The number of nitrogens with zero attached hydrogens (tertiary/aromatic N) is 2. The molecule has 2 atom stereocenters. The van der Waals surface area contributed by atoms with Crippen LogP contribution in [-0.4, -0.2) is 11.1 Å². The molecule has 0 aliphatic heterocycles. The number of ether oxygens (including phenoxy) is 1. The second kappa shape index (κ2) is 4.79. The summed E-state index contributed by atoms with van der Waals surface area (Å²) in [5, 5.41) is 9.00. The fourth-order valence-corrected chi connectivity index (χ4v) is 1.98. The average molecular weight is 202 g/mol. The van der Waals surface area contributed by atoms with Gasteiger partial charge in [0.1, 0.15) is 11.9 Å². The fourth-order valence-electron chi connectivity index (χ4n) is 1.98. The first-order chi connectivity index (χ1) is 7.40. The Bertz CT molecular complexity index is 344. The van der Waals surface area contributed by atoms with Crippen molar-refractivity contribution in [2.45, 2.75) is 31.8 Å². The zero-order chi connectivity index (χ0) is 10.5. The van der Waals surface area contributed by atoms with E-state index in [1.165, 1.54) is 0 Å². The highest BCUT2D eigenvalue weighted by atomic mass is 16.5. The summed E-state index contributed by atoms with van der Waals surface area (Å²) < 4.78 is 5.80. The predicted octanol–water partition coefficient (Wildman–Crippen LogP) is 2.54. The molecule has 0 N–H and O–H groups in total. The lowest BCUT2D eigenvalue weighted by atomic mass is 9.87. The molecule has 1 saturated carbocycles. The molecule has 2 rings (SSSR count). The molecular formula is C12H14N2O. The van der Waals surface area contributed by atoms with Gasteiger partial charge in [0.25, 0.3) is 0 Å². The van der Waals surface area contributed by atoms with Crippen molar-refractivity contribution in [2.75, 3.05) is 0 Å². The van der Waals surface area contributed by atoms with Gasteiger partial charge in [0.15, 0.2) is 0 Å². The summed E-state index contributed by atoms with van der Waals surface area (Å²) in [5.41, 5.74) is 0. The van der Waals surface area contributed by atoms with Crippen molar-refractivity contribution in [1.82, 2.24) is 4.98 Å². The number of hydrogen-bond donors (Lipinski definition) is 0. The van der Waals surface area contributed by atoms with E-state index in [1.54, 1.807) is 12.4 Å². The molecule has 2 unspecified atom stereocenters. The first-order valence-corrected chi connectivity index (χ1v) is 5.36. The highest BCUT2D eigenvalue weighted by Gasteiger charge is 2.26. The summed E-state index contributed by atoms with van der Waals surface area (Å²) in [6.07, 6.45) is 7.74. The summed E-state index contributed by atoms with van der Waals surface area (Å²) in [6.45, 7) is 0. The fraction of sp³-hybridized carbons (Fsp3) is 0.500. The van der Waals surface area contributed by atoms with Crippen LogP contribution in [-0.2, 0) is 0 Å². The van der Waals surface area contributed by atoms with Gasteiger partial charge in [0, 0.05) is 12.4 Å². The molecule has 1 aliphatic rings. The number of pyridine rings is 1. The Morgan fingerprint density at radius 1 is 1.27 bits per heavy atom. The van der Waals surface area contributed by atoms with E-state index in [0.29, 0.717) is 0 Å². The van der Waals surface area contributed by atoms with E-state index in [-0.39, 0.29) is 12.0 Å². The lowest BCUT2D eigenvalue weighted by Gasteiger charge is -2.27. The van der Waals surface area contributed by atoms with Gasteiger partial charge in [-0.25, -0.2) is 0 Å². The topological polar surface area (TPSA) is 45.9 Å². The third kappa shape index (κ3) is 2.47. The number of rotatable bonds is 2. The van der Waals surface area contributed by atoms with Crippen LogP contribution in [0, 0.1) is 17.2 Å². The van der Waals surface area contributed by atoms with Gasteiger partial charge in [0.2, 0.25) is 0 Å². The van der Waals surface area contributed by atoms with Gasteiger partial charge in [-0.05, 0) is 31.4 Å². The standard InChI is InChI=1S/C12H14N2O/c13-9-10-3-1-2-4-12(10)15-11-5-7-14-8-6-11/h5-8,10,12H,1-4H2. The van der Waals surface area contributed by atoms with Crippen LogP contribution >= 0.6 is 0 Å². The summed E-state index contributed by atoms with van der Waals surface area (Å²) in [4.78, 5) is 3.93. The summed E-state index contributed by atoms with van der Waals surface area (Å²) in [7, 11) is 0. The quantitative estimate of drug-likeness (QED) is 0.740. The van der Waals surface area contributed by atoms with Crippen LogP contribution in [0.15, 0.2) is 24.5 Å². The maximum Gasteiger partial charge on any atom is 0.122 e. The minimum absolute atomic E-state index is 0.0481. The van der Waals surface area contributed by atoms with Crippen molar-refractivity contribution in [2.24, 2.45) is 5.92 Å². The van der Waals surface area contributed by atoms with Gasteiger partial charge < -0.3 is 4.74 Å². The predicted molar refractivity (Wildman–Crippen MR) is 56.2 cm³/mol. The molecule has 1 aliphatic carbocycles. The van der Waals surface area contributed by atoms with Gasteiger partial charge in [-0.1, -0.05) is 6.42 Å². The molecule has 3 nitrogen and oxygen atoms in total. The molecule has 1 aromatic rings. The normalized spacial score (nSPS) is 25.5. The number of nitriles is 1. The lowest BCUT2D eigenvalue weighted by molar-refractivity contribution is 0.120. The van der Waals surface area contributed by atoms with Crippen molar-refractivity contribution in [3.8, 4) is 11.8 Å². The van der Waals surface area contributed by atoms with Crippen LogP contribution in [0.3, 0.4) is 0 Å². The molecule has 1 heterocycles. The van der Waals surface area contributed by atoms with Crippen LogP contribution in [0.2, 0.25) is 0 Å². The van der Waals surface area contributed by atoms with Crippen LogP contribution in [0.4, 0.5) is 0 Å². The zero-order valence-corrected chi connectivity index (χ0v) is 8.60. The smallest absolute Gasteiger partial charge is 0.122 e. The molecule has 78 valence electrons. The van der Waals surface area contributed by atoms with Crippen molar-refractivity contribution < 1.29 is 4.74 Å².